The number of ether oxygens (including phenoxy) is 2. The zero-order valence-corrected chi connectivity index (χ0v) is 16.9. The lowest BCUT2D eigenvalue weighted by atomic mass is 10.0. The van der Waals surface area contributed by atoms with Crippen LogP contribution in [0.5, 0.6) is 11.5 Å². The van der Waals surface area contributed by atoms with Crippen LogP contribution >= 0.6 is 11.6 Å². The number of nitrogens with one attached hydrogen (secondary N) is 1. The maximum atomic E-state index is 12.5. The van der Waals surface area contributed by atoms with E-state index in [9.17, 15) is 9.59 Å². The molecule has 1 unspecified atom stereocenters. The van der Waals surface area contributed by atoms with Gasteiger partial charge in [-0.25, -0.2) is 0 Å². The van der Waals surface area contributed by atoms with Crippen molar-refractivity contribution < 1.29 is 19.1 Å². The summed E-state index contributed by atoms with van der Waals surface area (Å²) in [6.45, 7) is 0.454. The quantitative estimate of drug-likeness (QED) is 0.591. The number of rotatable bonds is 6. The Morgan fingerprint density at radius 2 is 1.63 bits per heavy atom. The molecule has 0 radical (unpaired) electrons. The Morgan fingerprint density at radius 3 is 2.37 bits per heavy atom. The second-order valence-corrected chi connectivity index (χ2v) is 7.38. The molecule has 3 aromatic rings. The summed E-state index contributed by atoms with van der Waals surface area (Å²) in [4.78, 5) is 24.8. The van der Waals surface area contributed by atoms with Crippen molar-refractivity contribution in [3.63, 3.8) is 0 Å². The van der Waals surface area contributed by atoms with E-state index in [4.69, 9.17) is 21.1 Å². The SMILES string of the molecule is O=C(COc1ccc(C(=O)c2ccc(Cl)cc2)cc1)NC1CCOc2ccccc21. The van der Waals surface area contributed by atoms with Crippen molar-refractivity contribution >= 4 is 23.3 Å². The third-order valence-electron chi connectivity index (χ3n) is 4.89. The van der Waals surface area contributed by atoms with Gasteiger partial charge in [-0.3, -0.25) is 9.59 Å². The maximum Gasteiger partial charge on any atom is 0.258 e. The summed E-state index contributed by atoms with van der Waals surface area (Å²) >= 11 is 5.86. The first-order valence-corrected chi connectivity index (χ1v) is 10.0. The number of benzene rings is 3. The van der Waals surface area contributed by atoms with E-state index in [0.717, 1.165) is 11.3 Å². The van der Waals surface area contributed by atoms with Crippen LogP contribution in [-0.4, -0.2) is 24.9 Å². The third-order valence-corrected chi connectivity index (χ3v) is 5.14. The molecule has 0 saturated carbocycles. The minimum atomic E-state index is -0.210. The van der Waals surface area contributed by atoms with Crippen LogP contribution in [0, 0.1) is 0 Å². The summed E-state index contributed by atoms with van der Waals surface area (Å²) in [6.07, 6.45) is 0.713. The molecular weight excluding hydrogens is 402 g/mol. The van der Waals surface area contributed by atoms with Crippen molar-refractivity contribution in [1.82, 2.24) is 5.32 Å². The van der Waals surface area contributed by atoms with E-state index in [1.807, 2.05) is 24.3 Å². The van der Waals surface area contributed by atoms with Crippen LogP contribution in [0.3, 0.4) is 0 Å². The van der Waals surface area contributed by atoms with E-state index in [-0.39, 0.29) is 24.3 Å². The molecule has 6 heteroatoms. The fraction of sp³-hybridized carbons (Fsp3) is 0.167. The molecule has 0 aliphatic carbocycles. The van der Waals surface area contributed by atoms with Crippen molar-refractivity contribution in [2.24, 2.45) is 0 Å². The predicted octanol–water partition coefficient (Wildman–Crippen LogP) is 4.59. The molecule has 1 aliphatic rings. The summed E-state index contributed by atoms with van der Waals surface area (Å²) in [6, 6.07) is 21.1. The average Bonchev–Trinajstić information content (AvgIpc) is 2.78. The fourth-order valence-corrected chi connectivity index (χ4v) is 3.47. The first-order valence-electron chi connectivity index (χ1n) is 9.64. The molecule has 0 saturated heterocycles. The van der Waals surface area contributed by atoms with Crippen LogP contribution < -0.4 is 14.8 Å². The number of carbonyl (C=O) groups excluding carboxylic acids is 2. The number of para-hydroxylation sites is 1. The Morgan fingerprint density at radius 1 is 0.967 bits per heavy atom. The lowest BCUT2D eigenvalue weighted by Crippen LogP contribution is -2.35. The number of carbonyl (C=O) groups is 2. The van der Waals surface area contributed by atoms with Crippen molar-refractivity contribution in [2.45, 2.75) is 12.5 Å². The van der Waals surface area contributed by atoms with Crippen molar-refractivity contribution in [3.8, 4) is 11.5 Å². The summed E-state index contributed by atoms with van der Waals surface area (Å²) in [5, 5.41) is 3.57. The van der Waals surface area contributed by atoms with Crippen molar-refractivity contribution in [2.75, 3.05) is 13.2 Å². The number of fused-ring (bicyclic) bond motifs is 1. The zero-order chi connectivity index (χ0) is 20.9. The molecule has 0 bridgehead atoms. The lowest BCUT2D eigenvalue weighted by molar-refractivity contribution is -0.124. The molecule has 1 N–H and O–H groups in total. The molecule has 5 nitrogen and oxygen atoms in total. The molecule has 152 valence electrons. The standard InChI is InChI=1S/C24H20ClNO4/c25-18-9-5-16(6-10-18)24(28)17-7-11-19(12-8-17)30-15-23(27)26-21-13-14-29-22-4-2-1-3-20(21)22/h1-12,21H,13-15H2,(H,26,27). The smallest absolute Gasteiger partial charge is 0.258 e. The van der Waals surface area contributed by atoms with Crippen LogP contribution in [-0.2, 0) is 4.79 Å². The van der Waals surface area contributed by atoms with E-state index in [1.54, 1.807) is 48.5 Å². The van der Waals surface area contributed by atoms with Crippen LogP contribution in [0.4, 0.5) is 0 Å². The Kier molecular flexibility index (Phi) is 6.00. The number of amides is 1. The van der Waals surface area contributed by atoms with Gasteiger partial charge in [0.2, 0.25) is 0 Å². The Balaban J connectivity index is 1.33. The number of ketones is 1. The lowest BCUT2D eigenvalue weighted by Gasteiger charge is -2.26. The van der Waals surface area contributed by atoms with Gasteiger partial charge in [-0.1, -0.05) is 29.8 Å². The fourth-order valence-electron chi connectivity index (χ4n) is 3.35. The van der Waals surface area contributed by atoms with Gasteiger partial charge in [0.1, 0.15) is 11.5 Å². The average molecular weight is 422 g/mol. The summed E-state index contributed by atoms with van der Waals surface area (Å²) in [7, 11) is 0. The van der Waals surface area contributed by atoms with Gasteiger partial charge in [0, 0.05) is 28.1 Å². The van der Waals surface area contributed by atoms with Crippen LogP contribution in [0.1, 0.15) is 33.9 Å². The van der Waals surface area contributed by atoms with E-state index in [1.165, 1.54) is 0 Å². The van der Waals surface area contributed by atoms with Gasteiger partial charge < -0.3 is 14.8 Å². The first kappa shape index (κ1) is 20.0. The molecule has 0 fully saturated rings. The largest absolute Gasteiger partial charge is 0.493 e. The number of hydrogen-bond donors (Lipinski definition) is 1. The van der Waals surface area contributed by atoms with E-state index in [0.29, 0.717) is 34.9 Å². The van der Waals surface area contributed by atoms with E-state index >= 15 is 0 Å². The maximum absolute atomic E-state index is 12.5. The third kappa shape index (κ3) is 4.63. The predicted molar refractivity (Wildman–Crippen MR) is 114 cm³/mol. The van der Waals surface area contributed by atoms with Crippen LogP contribution in [0.2, 0.25) is 5.02 Å². The highest BCUT2D eigenvalue weighted by molar-refractivity contribution is 6.30. The highest BCUT2D eigenvalue weighted by Crippen LogP contribution is 2.31. The molecule has 1 atom stereocenters. The Labute approximate surface area is 179 Å². The minimum Gasteiger partial charge on any atom is -0.493 e. The molecule has 4 rings (SSSR count). The van der Waals surface area contributed by atoms with Gasteiger partial charge in [-0.05, 0) is 54.6 Å². The van der Waals surface area contributed by atoms with Gasteiger partial charge in [-0.15, -0.1) is 0 Å². The highest BCUT2D eigenvalue weighted by Gasteiger charge is 2.22. The van der Waals surface area contributed by atoms with E-state index < -0.39 is 0 Å². The summed E-state index contributed by atoms with van der Waals surface area (Å²) < 4.78 is 11.2. The van der Waals surface area contributed by atoms with Crippen molar-refractivity contribution in [1.29, 1.82) is 0 Å². The molecule has 1 heterocycles. The highest BCUT2D eigenvalue weighted by atomic mass is 35.5. The van der Waals surface area contributed by atoms with Gasteiger partial charge in [0.05, 0.1) is 12.6 Å². The second kappa shape index (κ2) is 9.01. The molecule has 1 amide bonds. The first-order chi connectivity index (χ1) is 14.6. The second-order valence-electron chi connectivity index (χ2n) is 6.94. The number of halogens is 1. The van der Waals surface area contributed by atoms with Gasteiger partial charge in [0.15, 0.2) is 12.4 Å². The summed E-state index contributed by atoms with van der Waals surface area (Å²) in [5.74, 6) is 1.01. The molecular formula is C24H20ClNO4. The molecule has 0 spiro atoms. The Hall–Kier alpha value is -3.31. The zero-order valence-electron chi connectivity index (χ0n) is 16.1. The Bertz CT molecular complexity index is 1050. The molecule has 3 aromatic carbocycles. The van der Waals surface area contributed by atoms with Gasteiger partial charge in [-0.2, -0.15) is 0 Å². The topological polar surface area (TPSA) is 64.6 Å². The van der Waals surface area contributed by atoms with Crippen LogP contribution in [0.15, 0.2) is 72.8 Å². The minimum absolute atomic E-state index is 0.0922. The monoisotopic (exact) mass is 421 g/mol. The van der Waals surface area contributed by atoms with Crippen molar-refractivity contribution in [3.05, 3.63) is 94.5 Å². The molecule has 30 heavy (non-hydrogen) atoms. The number of hydrogen-bond acceptors (Lipinski definition) is 4. The summed E-state index contributed by atoms with van der Waals surface area (Å²) in [5.41, 5.74) is 2.07. The molecule has 0 aromatic heterocycles. The van der Waals surface area contributed by atoms with Crippen LogP contribution in [0.25, 0.3) is 0 Å². The normalized spacial score (nSPS) is 14.9. The van der Waals surface area contributed by atoms with Gasteiger partial charge in [0.25, 0.3) is 5.91 Å². The van der Waals surface area contributed by atoms with Gasteiger partial charge >= 0.3 is 0 Å². The molecule has 1 aliphatic heterocycles. The van der Waals surface area contributed by atoms with E-state index in [2.05, 4.69) is 5.32 Å².